The maximum atomic E-state index is 12.0. The first-order valence-electron chi connectivity index (χ1n) is 7.16. The molecule has 116 valence electrons. The predicted octanol–water partition coefficient (Wildman–Crippen LogP) is 1.15. The van der Waals surface area contributed by atoms with Crippen molar-refractivity contribution in [1.29, 1.82) is 0 Å². The van der Waals surface area contributed by atoms with Crippen LogP contribution in [-0.2, 0) is 14.8 Å². The van der Waals surface area contributed by atoms with Gasteiger partial charge < -0.3 is 5.32 Å². The number of hydrogen-bond donors (Lipinski definition) is 2. The van der Waals surface area contributed by atoms with E-state index in [2.05, 4.69) is 29.1 Å². The lowest BCUT2D eigenvalue weighted by Crippen LogP contribution is -2.30. The molecule has 0 aromatic heterocycles. The number of nitrogens with one attached hydrogen (secondary N) is 2. The highest BCUT2D eigenvalue weighted by atomic mass is 32.2. The first-order chi connectivity index (χ1) is 9.88. The van der Waals surface area contributed by atoms with Gasteiger partial charge in [-0.15, -0.1) is 0 Å². The van der Waals surface area contributed by atoms with Crippen molar-refractivity contribution in [3.8, 4) is 0 Å². The molecule has 2 N–H and O–H groups in total. The van der Waals surface area contributed by atoms with E-state index in [1.165, 1.54) is 11.1 Å². The molecule has 1 aliphatic carbocycles. The molecule has 6 heteroatoms. The van der Waals surface area contributed by atoms with Crippen molar-refractivity contribution < 1.29 is 13.2 Å². The monoisotopic (exact) mass is 310 g/mol. The zero-order chi connectivity index (χ0) is 15.5. The quantitative estimate of drug-likeness (QED) is 0.742. The number of benzene rings is 1. The minimum atomic E-state index is -3.14. The van der Waals surface area contributed by atoms with Crippen LogP contribution in [0.4, 0.5) is 0 Å². The van der Waals surface area contributed by atoms with E-state index >= 15 is 0 Å². The summed E-state index contributed by atoms with van der Waals surface area (Å²) < 4.78 is 24.2. The number of carbonyl (C=O) groups is 1. The van der Waals surface area contributed by atoms with Crippen LogP contribution in [0.25, 0.3) is 0 Å². The molecular weight excluding hydrogens is 288 g/mol. The van der Waals surface area contributed by atoms with Gasteiger partial charge in [-0.25, -0.2) is 13.1 Å². The lowest BCUT2D eigenvalue weighted by Gasteiger charge is -2.07. The third kappa shape index (κ3) is 4.82. The second kappa shape index (κ2) is 6.58. The molecule has 1 amide bonds. The predicted molar refractivity (Wildman–Crippen MR) is 82.5 cm³/mol. The molecule has 0 spiro atoms. The van der Waals surface area contributed by atoms with E-state index in [9.17, 15) is 13.2 Å². The summed E-state index contributed by atoms with van der Waals surface area (Å²) in [6, 6.07) is 8.17. The molecule has 0 saturated heterocycles. The van der Waals surface area contributed by atoms with E-state index in [4.69, 9.17) is 0 Å². The van der Waals surface area contributed by atoms with Crippen LogP contribution < -0.4 is 10.0 Å². The number of amides is 1. The average molecular weight is 310 g/mol. The van der Waals surface area contributed by atoms with Gasteiger partial charge in [-0.2, -0.15) is 0 Å². The van der Waals surface area contributed by atoms with Gasteiger partial charge in [0.05, 0.1) is 6.26 Å². The number of carbonyl (C=O) groups excluding carboxylic acids is 1. The largest absolute Gasteiger partial charge is 0.356 e. The van der Waals surface area contributed by atoms with Crippen molar-refractivity contribution in [2.24, 2.45) is 5.92 Å². The van der Waals surface area contributed by atoms with Gasteiger partial charge in [0.2, 0.25) is 15.9 Å². The van der Waals surface area contributed by atoms with Gasteiger partial charge in [0, 0.05) is 19.0 Å². The Kier molecular flexibility index (Phi) is 5.00. The van der Waals surface area contributed by atoms with Crippen LogP contribution in [0.5, 0.6) is 0 Å². The van der Waals surface area contributed by atoms with Gasteiger partial charge in [0.15, 0.2) is 0 Å². The SMILES string of the molecule is Cc1ccccc1[C@@H]1C[C@@H]1C(=O)NCCCNS(C)(=O)=O. The molecule has 0 heterocycles. The standard InChI is InChI=1S/C15H22N2O3S/c1-11-6-3-4-7-12(11)13-10-14(13)15(18)16-8-5-9-17-21(2,19)20/h3-4,6-7,13-14,17H,5,8-10H2,1-2H3,(H,16,18)/t13-,14-/m0/s1. The lowest BCUT2D eigenvalue weighted by atomic mass is 10.0. The number of rotatable bonds is 7. The molecular formula is C15H22N2O3S. The number of sulfonamides is 1. The summed E-state index contributed by atoms with van der Waals surface area (Å²) in [5.41, 5.74) is 2.49. The molecule has 0 unspecified atom stereocenters. The van der Waals surface area contributed by atoms with Crippen molar-refractivity contribution in [2.45, 2.75) is 25.7 Å². The Bertz CT molecular complexity index is 613. The molecule has 5 nitrogen and oxygen atoms in total. The van der Waals surface area contributed by atoms with E-state index < -0.39 is 10.0 Å². The summed E-state index contributed by atoms with van der Waals surface area (Å²) >= 11 is 0. The van der Waals surface area contributed by atoms with Gasteiger partial charge in [-0.05, 0) is 36.8 Å². The Labute approximate surface area is 126 Å². The molecule has 0 radical (unpaired) electrons. The van der Waals surface area contributed by atoms with Crippen LogP contribution in [0.15, 0.2) is 24.3 Å². The Morgan fingerprint density at radius 1 is 1.29 bits per heavy atom. The molecule has 1 saturated carbocycles. The maximum absolute atomic E-state index is 12.0. The molecule has 0 aliphatic heterocycles. The molecule has 2 atom stereocenters. The molecule has 1 aromatic carbocycles. The van der Waals surface area contributed by atoms with Crippen molar-refractivity contribution in [3.63, 3.8) is 0 Å². The molecule has 0 bridgehead atoms. The minimum absolute atomic E-state index is 0.0639. The van der Waals surface area contributed by atoms with E-state index in [1.807, 2.05) is 12.1 Å². The van der Waals surface area contributed by atoms with Crippen LogP contribution in [0.2, 0.25) is 0 Å². The summed E-state index contributed by atoms with van der Waals surface area (Å²) in [4.78, 5) is 12.0. The Hall–Kier alpha value is -1.40. The summed E-state index contributed by atoms with van der Waals surface area (Å²) in [7, 11) is -3.14. The summed E-state index contributed by atoms with van der Waals surface area (Å²) in [5, 5.41) is 2.88. The maximum Gasteiger partial charge on any atom is 0.223 e. The molecule has 1 aliphatic rings. The van der Waals surface area contributed by atoms with E-state index in [-0.39, 0.29) is 11.8 Å². The van der Waals surface area contributed by atoms with E-state index in [0.29, 0.717) is 25.4 Å². The molecule has 21 heavy (non-hydrogen) atoms. The fraction of sp³-hybridized carbons (Fsp3) is 0.533. The average Bonchev–Trinajstić information content (AvgIpc) is 3.17. The highest BCUT2D eigenvalue weighted by Gasteiger charge is 2.44. The fourth-order valence-electron chi connectivity index (χ4n) is 2.52. The number of hydrogen-bond acceptors (Lipinski definition) is 3. The summed E-state index contributed by atoms with van der Waals surface area (Å²) in [6.45, 7) is 2.92. The van der Waals surface area contributed by atoms with Crippen LogP contribution in [0.3, 0.4) is 0 Å². The fourth-order valence-corrected chi connectivity index (χ4v) is 3.04. The minimum Gasteiger partial charge on any atom is -0.356 e. The Morgan fingerprint density at radius 2 is 2.00 bits per heavy atom. The van der Waals surface area contributed by atoms with Crippen molar-refractivity contribution in [2.75, 3.05) is 19.3 Å². The van der Waals surface area contributed by atoms with Crippen molar-refractivity contribution in [1.82, 2.24) is 10.0 Å². The highest BCUT2D eigenvalue weighted by Crippen LogP contribution is 2.48. The van der Waals surface area contributed by atoms with Crippen LogP contribution in [-0.4, -0.2) is 33.7 Å². The Balaban J connectivity index is 1.71. The van der Waals surface area contributed by atoms with Crippen molar-refractivity contribution >= 4 is 15.9 Å². The highest BCUT2D eigenvalue weighted by molar-refractivity contribution is 7.88. The van der Waals surface area contributed by atoms with E-state index in [1.54, 1.807) is 0 Å². The van der Waals surface area contributed by atoms with Gasteiger partial charge in [0.25, 0.3) is 0 Å². The third-order valence-corrected chi connectivity index (χ3v) is 4.46. The molecule has 1 aromatic rings. The van der Waals surface area contributed by atoms with Gasteiger partial charge >= 0.3 is 0 Å². The second-order valence-corrected chi connectivity index (χ2v) is 7.45. The molecule has 1 fully saturated rings. The van der Waals surface area contributed by atoms with Crippen LogP contribution in [0.1, 0.15) is 29.9 Å². The first-order valence-corrected chi connectivity index (χ1v) is 9.05. The summed E-state index contributed by atoms with van der Waals surface area (Å²) in [6.07, 6.45) is 2.63. The summed E-state index contributed by atoms with van der Waals surface area (Å²) in [5.74, 6) is 0.469. The van der Waals surface area contributed by atoms with Crippen molar-refractivity contribution in [3.05, 3.63) is 35.4 Å². The third-order valence-electron chi connectivity index (χ3n) is 3.73. The zero-order valence-corrected chi connectivity index (χ0v) is 13.2. The Morgan fingerprint density at radius 3 is 2.67 bits per heavy atom. The first kappa shape index (κ1) is 16.0. The topological polar surface area (TPSA) is 75.3 Å². The van der Waals surface area contributed by atoms with Crippen LogP contribution >= 0.6 is 0 Å². The van der Waals surface area contributed by atoms with Gasteiger partial charge in [0.1, 0.15) is 0 Å². The number of aryl methyl sites for hydroxylation is 1. The van der Waals surface area contributed by atoms with Gasteiger partial charge in [-0.3, -0.25) is 4.79 Å². The smallest absolute Gasteiger partial charge is 0.223 e. The molecule has 2 rings (SSSR count). The van der Waals surface area contributed by atoms with Gasteiger partial charge in [-0.1, -0.05) is 24.3 Å². The second-order valence-electron chi connectivity index (χ2n) is 5.62. The van der Waals surface area contributed by atoms with Crippen LogP contribution in [0, 0.1) is 12.8 Å². The van der Waals surface area contributed by atoms with E-state index in [0.717, 1.165) is 12.7 Å². The zero-order valence-electron chi connectivity index (χ0n) is 12.4. The normalized spacial score (nSPS) is 21.0. The lowest BCUT2D eigenvalue weighted by molar-refractivity contribution is -0.122.